The summed E-state index contributed by atoms with van der Waals surface area (Å²) < 4.78 is 0. The molecule has 0 rings (SSSR count). The average molecular weight is 220 g/mol. The minimum Gasteiger partial charge on any atom is -0.0925 e. The van der Waals surface area contributed by atoms with Gasteiger partial charge in [-0.15, -0.1) is 0 Å². The van der Waals surface area contributed by atoms with Gasteiger partial charge in [-0.3, -0.25) is 0 Å². The summed E-state index contributed by atoms with van der Waals surface area (Å²) in [7, 11) is 0. The van der Waals surface area contributed by atoms with Crippen molar-refractivity contribution in [2.24, 2.45) is 11.8 Å². The van der Waals surface area contributed by atoms with E-state index in [1.54, 1.807) is 6.92 Å². The topological polar surface area (TPSA) is 0 Å². The maximum absolute atomic E-state index is 3.08. The third kappa shape index (κ3) is 11.7. The van der Waals surface area contributed by atoms with Crippen LogP contribution in [-0.2, 0) is 0 Å². The van der Waals surface area contributed by atoms with E-state index in [1.165, 1.54) is 0 Å². The SMILES string of the molecule is CC#CC#CC#CC#CC#CC(C)CC(C)C. The first-order chi connectivity index (χ1) is 8.16. The molecule has 0 saturated carbocycles. The normalized spacial score (nSPS) is 8.53. The minimum absolute atomic E-state index is 0.386. The van der Waals surface area contributed by atoms with Gasteiger partial charge in [0.1, 0.15) is 0 Å². The summed E-state index contributed by atoms with van der Waals surface area (Å²) in [6.07, 6.45) is 1.10. The van der Waals surface area contributed by atoms with Crippen molar-refractivity contribution in [1.29, 1.82) is 0 Å². The van der Waals surface area contributed by atoms with Crippen LogP contribution in [0.4, 0.5) is 0 Å². The molecule has 17 heavy (non-hydrogen) atoms. The lowest BCUT2D eigenvalue weighted by Gasteiger charge is -2.05. The van der Waals surface area contributed by atoms with Crippen molar-refractivity contribution in [1.82, 2.24) is 0 Å². The molecule has 0 spiro atoms. The second-order valence-corrected chi connectivity index (χ2v) is 3.92. The van der Waals surface area contributed by atoms with Gasteiger partial charge in [0.15, 0.2) is 0 Å². The van der Waals surface area contributed by atoms with Crippen LogP contribution >= 0.6 is 0 Å². The summed E-state index contributed by atoms with van der Waals surface area (Å²) in [5.74, 6) is 27.9. The van der Waals surface area contributed by atoms with E-state index in [0.29, 0.717) is 11.8 Å². The molecule has 0 bridgehead atoms. The summed E-state index contributed by atoms with van der Waals surface area (Å²) in [5.41, 5.74) is 0. The Balaban J connectivity index is 4.17. The predicted molar refractivity (Wildman–Crippen MR) is 73.2 cm³/mol. The Hall–Kier alpha value is -2.20. The quantitative estimate of drug-likeness (QED) is 0.628. The van der Waals surface area contributed by atoms with Gasteiger partial charge in [-0.25, -0.2) is 0 Å². The first-order valence-electron chi connectivity index (χ1n) is 5.59. The molecule has 0 amide bonds. The molecule has 0 fully saturated rings. The Morgan fingerprint density at radius 2 is 1.18 bits per heavy atom. The Kier molecular flexibility index (Phi) is 8.99. The first kappa shape index (κ1) is 14.8. The lowest BCUT2D eigenvalue weighted by atomic mass is 10.00. The van der Waals surface area contributed by atoms with Crippen molar-refractivity contribution in [3.63, 3.8) is 0 Å². The van der Waals surface area contributed by atoms with E-state index in [2.05, 4.69) is 80.0 Å². The second-order valence-electron chi connectivity index (χ2n) is 3.92. The van der Waals surface area contributed by atoms with Gasteiger partial charge in [0.25, 0.3) is 0 Å². The highest BCUT2D eigenvalue weighted by Gasteiger charge is 1.99. The molecule has 1 atom stereocenters. The fourth-order valence-corrected chi connectivity index (χ4v) is 1.18. The smallest absolute Gasteiger partial charge is 0.0187 e. The molecule has 1 unspecified atom stereocenters. The fraction of sp³-hybridized carbons (Fsp3) is 0.412. The van der Waals surface area contributed by atoms with Crippen molar-refractivity contribution in [3.05, 3.63) is 0 Å². The van der Waals surface area contributed by atoms with E-state index in [9.17, 15) is 0 Å². The molecule has 0 radical (unpaired) electrons. The van der Waals surface area contributed by atoms with Crippen molar-refractivity contribution in [3.8, 4) is 59.2 Å². The van der Waals surface area contributed by atoms with Crippen LogP contribution in [0.15, 0.2) is 0 Å². The van der Waals surface area contributed by atoms with Crippen LogP contribution in [0.5, 0.6) is 0 Å². The van der Waals surface area contributed by atoms with Gasteiger partial charge in [0.2, 0.25) is 0 Å². The molecule has 0 aliphatic rings. The van der Waals surface area contributed by atoms with Crippen LogP contribution < -0.4 is 0 Å². The van der Waals surface area contributed by atoms with E-state index >= 15 is 0 Å². The number of hydrogen-bond acceptors (Lipinski definition) is 0. The molecule has 0 aromatic rings. The summed E-state index contributed by atoms with van der Waals surface area (Å²) in [4.78, 5) is 0. The number of hydrogen-bond donors (Lipinski definition) is 0. The van der Waals surface area contributed by atoms with Gasteiger partial charge in [-0.1, -0.05) is 32.6 Å². The highest BCUT2D eigenvalue weighted by molar-refractivity contribution is 5.42. The van der Waals surface area contributed by atoms with Crippen molar-refractivity contribution < 1.29 is 0 Å². The van der Waals surface area contributed by atoms with Crippen LogP contribution in [0.1, 0.15) is 34.1 Å². The molecular weight excluding hydrogens is 204 g/mol. The molecule has 0 aliphatic carbocycles. The summed E-state index contributed by atoms with van der Waals surface area (Å²) in [6.45, 7) is 8.21. The molecular formula is C17H16. The highest BCUT2D eigenvalue weighted by atomic mass is 14.0. The van der Waals surface area contributed by atoms with E-state index in [0.717, 1.165) is 6.42 Å². The van der Waals surface area contributed by atoms with Crippen LogP contribution in [0, 0.1) is 71.0 Å². The van der Waals surface area contributed by atoms with Crippen molar-refractivity contribution >= 4 is 0 Å². The summed E-state index contributed by atoms with van der Waals surface area (Å²) in [6, 6.07) is 0. The first-order valence-corrected chi connectivity index (χ1v) is 5.59. The van der Waals surface area contributed by atoms with Crippen molar-refractivity contribution in [2.75, 3.05) is 0 Å². The molecule has 0 aromatic carbocycles. The zero-order valence-electron chi connectivity index (χ0n) is 10.9. The Morgan fingerprint density at radius 3 is 1.65 bits per heavy atom. The van der Waals surface area contributed by atoms with Gasteiger partial charge in [0.05, 0.1) is 0 Å². The number of rotatable bonds is 2. The molecule has 0 saturated heterocycles. The van der Waals surface area contributed by atoms with E-state index in [1.807, 2.05) is 0 Å². The van der Waals surface area contributed by atoms with Crippen molar-refractivity contribution in [2.45, 2.75) is 34.1 Å². The minimum atomic E-state index is 0.386. The Bertz CT molecular complexity index is 520. The molecule has 0 aromatic heterocycles. The molecule has 0 aliphatic heterocycles. The summed E-state index contributed by atoms with van der Waals surface area (Å²) >= 11 is 0. The Morgan fingerprint density at radius 1 is 0.706 bits per heavy atom. The lowest BCUT2D eigenvalue weighted by molar-refractivity contribution is 0.513. The zero-order chi connectivity index (χ0) is 12.9. The van der Waals surface area contributed by atoms with Gasteiger partial charge < -0.3 is 0 Å². The highest BCUT2D eigenvalue weighted by Crippen LogP contribution is 2.08. The second kappa shape index (κ2) is 10.3. The maximum Gasteiger partial charge on any atom is 0.0187 e. The maximum atomic E-state index is 3.08. The zero-order valence-corrected chi connectivity index (χ0v) is 10.9. The fourth-order valence-electron chi connectivity index (χ4n) is 1.18. The van der Waals surface area contributed by atoms with Crippen LogP contribution in [-0.4, -0.2) is 0 Å². The standard InChI is InChI=1S/C17H16/c1-5-6-7-8-9-10-11-12-13-14-17(4)15-16(2)3/h16-17H,15H2,1-4H3. The van der Waals surface area contributed by atoms with E-state index in [4.69, 9.17) is 0 Å². The molecule has 0 heteroatoms. The Labute approximate surface area is 106 Å². The lowest BCUT2D eigenvalue weighted by Crippen LogP contribution is -1.96. The van der Waals surface area contributed by atoms with E-state index < -0.39 is 0 Å². The van der Waals surface area contributed by atoms with Crippen LogP contribution in [0.25, 0.3) is 0 Å². The molecule has 0 nitrogen and oxygen atoms in total. The predicted octanol–water partition coefficient (Wildman–Crippen LogP) is 2.71. The van der Waals surface area contributed by atoms with E-state index in [-0.39, 0.29) is 0 Å². The third-order valence-corrected chi connectivity index (χ3v) is 1.71. The van der Waals surface area contributed by atoms with Gasteiger partial charge in [0, 0.05) is 5.92 Å². The largest absolute Gasteiger partial charge is 0.0925 e. The molecule has 0 N–H and O–H groups in total. The van der Waals surface area contributed by atoms with Gasteiger partial charge >= 0.3 is 0 Å². The monoisotopic (exact) mass is 220 g/mol. The average Bonchev–Trinajstić information content (AvgIpc) is 2.26. The third-order valence-electron chi connectivity index (χ3n) is 1.71. The van der Waals surface area contributed by atoms with Gasteiger partial charge in [-0.05, 0) is 66.6 Å². The van der Waals surface area contributed by atoms with Gasteiger partial charge in [-0.2, -0.15) is 0 Å². The molecule has 84 valence electrons. The van der Waals surface area contributed by atoms with Crippen LogP contribution in [0.2, 0.25) is 0 Å². The summed E-state index contributed by atoms with van der Waals surface area (Å²) in [5, 5.41) is 0. The molecule has 0 heterocycles. The van der Waals surface area contributed by atoms with Crippen LogP contribution in [0.3, 0.4) is 0 Å².